The van der Waals surface area contributed by atoms with Crippen molar-refractivity contribution in [2.24, 2.45) is 5.73 Å². The number of hydrogen-bond donors (Lipinski definition) is 7. The first-order valence-electron chi connectivity index (χ1n) is 10.9. The van der Waals surface area contributed by atoms with Crippen molar-refractivity contribution in [1.82, 2.24) is 14.5 Å². The highest BCUT2D eigenvalue weighted by Crippen LogP contribution is 2.66. The molecular formula is C17H26N5O13P3S2. The molecule has 0 radical (unpaired) electrons. The lowest BCUT2D eigenvalue weighted by atomic mass is 10.2. The summed E-state index contributed by atoms with van der Waals surface area (Å²) in [4.78, 5) is 55.8. The van der Waals surface area contributed by atoms with Crippen molar-refractivity contribution in [3.63, 3.8) is 0 Å². The molecule has 9 N–H and O–H groups in total. The predicted molar refractivity (Wildman–Crippen MR) is 144 cm³/mol. The van der Waals surface area contributed by atoms with Gasteiger partial charge in [-0.1, -0.05) is 33.4 Å². The predicted octanol–water partition coefficient (Wildman–Crippen LogP) is 0.990. The highest BCUT2D eigenvalue weighted by Gasteiger charge is 2.44. The molecule has 2 aromatic rings. The van der Waals surface area contributed by atoms with Crippen LogP contribution in [0.2, 0.25) is 0 Å². The molecule has 1 fully saturated rings. The summed E-state index contributed by atoms with van der Waals surface area (Å²) in [5, 5.41) is 0.124. The number of nitrogens with two attached hydrogens (primary N) is 2. The van der Waals surface area contributed by atoms with Crippen molar-refractivity contribution >= 4 is 62.0 Å². The first-order valence-corrected chi connectivity index (χ1v) is 18.1. The lowest BCUT2D eigenvalue weighted by Gasteiger charge is -2.23. The van der Waals surface area contributed by atoms with E-state index in [0.29, 0.717) is 5.56 Å². The van der Waals surface area contributed by atoms with Gasteiger partial charge >= 0.3 is 23.5 Å². The average Bonchev–Trinajstić information content (AvgIpc) is 3.35. The number of phosphoric acid groups is 3. The Morgan fingerprint density at radius 3 is 2.60 bits per heavy atom. The van der Waals surface area contributed by atoms with E-state index in [9.17, 15) is 28.3 Å². The van der Waals surface area contributed by atoms with Gasteiger partial charge in [-0.05, 0) is 13.2 Å². The summed E-state index contributed by atoms with van der Waals surface area (Å²) in [5.41, 5.74) is 10.7. The Labute approximate surface area is 234 Å². The summed E-state index contributed by atoms with van der Waals surface area (Å²) in [6.07, 6.45) is 0.690. The molecule has 0 bridgehead atoms. The molecule has 23 heteroatoms. The Morgan fingerprint density at radius 2 is 1.98 bits per heavy atom. The number of rotatable bonds is 12. The van der Waals surface area contributed by atoms with Crippen LogP contribution in [0, 0.1) is 11.8 Å². The van der Waals surface area contributed by atoms with Gasteiger partial charge in [0.05, 0.1) is 30.2 Å². The van der Waals surface area contributed by atoms with E-state index in [4.69, 9.17) is 35.3 Å². The van der Waals surface area contributed by atoms with E-state index in [2.05, 4.69) is 30.4 Å². The minimum Gasteiger partial charge on any atom is -0.369 e. The van der Waals surface area contributed by atoms with Crippen LogP contribution in [0.3, 0.4) is 0 Å². The summed E-state index contributed by atoms with van der Waals surface area (Å²) in [5.74, 6) is 5.27. The van der Waals surface area contributed by atoms with Gasteiger partial charge in [-0.15, -0.1) is 0 Å². The molecule has 3 rings (SSSR count). The SMILES string of the molecule is CSS[C@H](C)O[C@@H]1C[C@H](n2cc(C#CCN)c3c(=O)[nH]c(N)nc32)O[C@@H]1COP(=O)(O)OP(=O)(O)OP(=O)(O)O. The van der Waals surface area contributed by atoms with Gasteiger partial charge < -0.3 is 45.1 Å². The summed E-state index contributed by atoms with van der Waals surface area (Å²) >= 11 is 0. The van der Waals surface area contributed by atoms with Crippen LogP contribution in [0.1, 0.15) is 25.1 Å². The molecule has 0 spiro atoms. The molecule has 2 aromatic heterocycles. The largest absolute Gasteiger partial charge is 0.490 e. The number of aromatic nitrogens is 3. The molecular weight excluding hydrogens is 639 g/mol. The summed E-state index contributed by atoms with van der Waals surface area (Å²) in [7, 11) is -13.9. The van der Waals surface area contributed by atoms with Crippen molar-refractivity contribution < 1.29 is 55.9 Å². The third-order valence-corrected chi connectivity index (χ3v) is 10.7. The normalized spacial score (nSPS) is 23.3. The second-order valence-corrected chi connectivity index (χ2v) is 15.0. The molecule has 1 aliphatic heterocycles. The van der Waals surface area contributed by atoms with Crippen molar-refractivity contribution in [1.29, 1.82) is 0 Å². The number of nitrogen functional groups attached to an aromatic ring is 1. The number of hydrogen-bond acceptors (Lipinski definition) is 14. The van der Waals surface area contributed by atoms with Crippen LogP contribution in [0.4, 0.5) is 5.95 Å². The first-order chi connectivity index (χ1) is 18.5. The molecule has 0 aliphatic carbocycles. The Bertz CT molecular complexity index is 1490. The number of ether oxygens (including phenoxy) is 2. The lowest BCUT2D eigenvalue weighted by molar-refractivity contribution is -0.0616. The van der Waals surface area contributed by atoms with Crippen molar-refractivity contribution in [3.8, 4) is 11.8 Å². The molecule has 2 unspecified atom stereocenters. The van der Waals surface area contributed by atoms with E-state index in [1.807, 2.05) is 6.26 Å². The van der Waals surface area contributed by atoms with E-state index in [1.54, 1.807) is 6.92 Å². The van der Waals surface area contributed by atoms with Crippen molar-refractivity contribution in [2.45, 2.75) is 37.2 Å². The average molecular weight is 665 g/mol. The standard InChI is InChI=1S/C17H26N5O13P3S2/c1-9(40-39-2)32-11-6-13(22-7-10(4-3-5-18)14-15(22)20-17(19)21-16(14)23)33-12(11)8-31-37(27,28)35-38(29,30)34-36(24,25)26/h7,9,11-13H,5-6,8,18H2,1-2H3,(H,27,28)(H,29,30)(H2,24,25,26)(H3,19,20,21,23)/t9-,11-,12-,13-/m1/s1. The minimum atomic E-state index is -5.71. The zero-order chi connectivity index (χ0) is 29.9. The van der Waals surface area contributed by atoms with Crippen LogP contribution >= 0.6 is 45.1 Å². The molecule has 224 valence electrons. The maximum atomic E-state index is 12.6. The maximum Gasteiger partial charge on any atom is 0.490 e. The van der Waals surface area contributed by atoms with Gasteiger partial charge in [-0.25, -0.2) is 13.7 Å². The lowest BCUT2D eigenvalue weighted by Crippen LogP contribution is -2.30. The van der Waals surface area contributed by atoms with Gasteiger partial charge in [0, 0.05) is 12.6 Å². The summed E-state index contributed by atoms with van der Waals surface area (Å²) < 4.78 is 60.5. The number of fused-ring (bicyclic) bond motifs is 1. The molecule has 3 heterocycles. The quantitative estimate of drug-likeness (QED) is 0.0720. The molecule has 1 aliphatic rings. The highest BCUT2D eigenvalue weighted by atomic mass is 33.1. The van der Waals surface area contributed by atoms with Crippen LogP contribution < -0.4 is 17.0 Å². The van der Waals surface area contributed by atoms with Crippen LogP contribution in [0.15, 0.2) is 11.0 Å². The van der Waals surface area contributed by atoms with Crippen LogP contribution in [-0.2, 0) is 36.3 Å². The number of nitrogens with one attached hydrogen (secondary N) is 1. The fourth-order valence-corrected chi connectivity index (χ4v) is 8.11. The Morgan fingerprint density at radius 1 is 1.27 bits per heavy atom. The molecule has 18 nitrogen and oxygen atoms in total. The number of anilines is 1. The zero-order valence-corrected chi connectivity index (χ0v) is 25.0. The number of phosphoric ester groups is 1. The van der Waals surface area contributed by atoms with Crippen LogP contribution in [-0.4, -0.2) is 71.2 Å². The van der Waals surface area contributed by atoms with E-state index in [-0.39, 0.29) is 35.4 Å². The monoisotopic (exact) mass is 665 g/mol. The fourth-order valence-electron chi connectivity index (χ4n) is 3.67. The third-order valence-electron chi connectivity index (χ3n) is 4.93. The maximum absolute atomic E-state index is 12.6. The minimum absolute atomic E-state index is 0.0243. The van der Waals surface area contributed by atoms with Gasteiger partial charge in [0.15, 0.2) is 5.65 Å². The van der Waals surface area contributed by atoms with Crippen molar-refractivity contribution in [3.05, 3.63) is 22.1 Å². The first kappa shape index (κ1) is 33.3. The smallest absolute Gasteiger partial charge is 0.369 e. The van der Waals surface area contributed by atoms with E-state index < -0.39 is 54.1 Å². The summed E-state index contributed by atoms with van der Waals surface area (Å²) in [6, 6.07) is 0. The number of H-pyrrole nitrogens is 1. The van der Waals surface area contributed by atoms with E-state index in [1.165, 1.54) is 32.4 Å². The zero-order valence-electron chi connectivity index (χ0n) is 20.7. The molecule has 6 atom stereocenters. The summed E-state index contributed by atoms with van der Waals surface area (Å²) in [6.45, 7) is 1.04. The van der Waals surface area contributed by atoms with E-state index >= 15 is 0 Å². The van der Waals surface area contributed by atoms with Crippen LogP contribution in [0.5, 0.6) is 0 Å². The van der Waals surface area contributed by atoms with Gasteiger partial charge in [-0.2, -0.15) is 13.6 Å². The highest BCUT2D eigenvalue weighted by molar-refractivity contribution is 8.76. The molecule has 40 heavy (non-hydrogen) atoms. The molecule has 0 amide bonds. The van der Waals surface area contributed by atoms with Crippen LogP contribution in [0.25, 0.3) is 11.0 Å². The number of aromatic amines is 1. The fraction of sp³-hybridized carbons (Fsp3) is 0.529. The van der Waals surface area contributed by atoms with E-state index in [0.717, 1.165) is 0 Å². The molecule has 0 saturated carbocycles. The Hall–Kier alpha value is -1.23. The molecule has 1 saturated heterocycles. The van der Waals surface area contributed by atoms with Gasteiger partial charge in [0.2, 0.25) is 5.95 Å². The Balaban J connectivity index is 1.89. The number of nitrogens with zero attached hydrogens (tertiary/aromatic N) is 2. The second-order valence-electron chi connectivity index (χ2n) is 7.86. The van der Waals surface area contributed by atoms with Gasteiger partial charge in [0.25, 0.3) is 5.56 Å². The van der Waals surface area contributed by atoms with Gasteiger partial charge in [-0.3, -0.25) is 14.3 Å². The topological polar surface area (TPSA) is 281 Å². The van der Waals surface area contributed by atoms with Gasteiger partial charge in [0.1, 0.15) is 17.8 Å². The second kappa shape index (κ2) is 13.4. The van der Waals surface area contributed by atoms with Crippen molar-refractivity contribution in [2.75, 3.05) is 25.1 Å². The third kappa shape index (κ3) is 9.13. The Kier molecular flexibility index (Phi) is 11.1. The molecule has 0 aromatic carbocycles.